The van der Waals surface area contributed by atoms with Crippen LogP contribution in [0.5, 0.6) is 23.0 Å². The van der Waals surface area contributed by atoms with Gasteiger partial charge in [-0.1, -0.05) is 18.3 Å². The van der Waals surface area contributed by atoms with Crippen molar-refractivity contribution in [2.24, 2.45) is 4.99 Å². The van der Waals surface area contributed by atoms with Crippen molar-refractivity contribution < 1.29 is 23.7 Å². The van der Waals surface area contributed by atoms with Crippen LogP contribution in [0.15, 0.2) is 35.3 Å². The Morgan fingerprint density at radius 3 is 2.34 bits per heavy atom. The van der Waals surface area contributed by atoms with Crippen molar-refractivity contribution in [2.45, 2.75) is 19.9 Å². The van der Waals surface area contributed by atoms with E-state index in [1.807, 2.05) is 16.7 Å². The molecule has 152 valence electrons. The van der Waals surface area contributed by atoms with E-state index in [2.05, 4.69) is 11.9 Å². The summed E-state index contributed by atoms with van der Waals surface area (Å²) in [4.78, 5) is 18.0. The van der Waals surface area contributed by atoms with Gasteiger partial charge in [0.05, 0.1) is 24.4 Å². The van der Waals surface area contributed by atoms with Crippen molar-refractivity contribution in [1.29, 1.82) is 0 Å². The second kappa shape index (κ2) is 8.16. The molecule has 1 aromatic heterocycles. The molecule has 3 aromatic rings. The predicted molar refractivity (Wildman–Crippen MR) is 111 cm³/mol. The van der Waals surface area contributed by atoms with Gasteiger partial charge in [0.15, 0.2) is 16.3 Å². The number of benzene rings is 2. The van der Waals surface area contributed by atoms with Gasteiger partial charge in [-0.05, 0) is 18.6 Å². The number of rotatable bonds is 5. The third-order valence-corrected chi connectivity index (χ3v) is 5.63. The van der Waals surface area contributed by atoms with Gasteiger partial charge in [0, 0.05) is 30.3 Å². The lowest BCUT2D eigenvalue weighted by atomic mass is 10.2. The summed E-state index contributed by atoms with van der Waals surface area (Å²) in [7, 11) is 3.10. The minimum Gasteiger partial charge on any atom is -0.497 e. The third kappa shape index (κ3) is 3.80. The van der Waals surface area contributed by atoms with Crippen LogP contribution in [-0.4, -0.2) is 37.9 Å². The number of hydrogen-bond donors (Lipinski definition) is 0. The van der Waals surface area contributed by atoms with E-state index in [0.29, 0.717) is 35.1 Å². The van der Waals surface area contributed by atoms with Gasteiger partial charge in [0.25, 0.3) is 5.91 Å². The first-order chi connectivity index (χ1) is 14.1. The van der Waals surface area contributed by atoms with Crippen molar-refractivity contribution in [3.8, 4) is 23.0 Å². The molecule has 1 amide bonds. The highest BCUT2D eigenvalue weighted by molar-refractivity contribution is 7.16. The predicted octanol–water partition coefficient (Wildman–Crippen LogP) is 3.64. The molecule has 0 saturated heterocycles. The third-order valence-electron chi connectivity index (χ3n) is 4.59. The van der Waals surface area contributed by atoms with Gasteiger partial charge in [-0.3, -0.25) is 4.79 Å². The zero-order chi connectivity index (χ0) is 20.4. The fraction of sp³-hybridized carbons (Fsp3) is 0.333. The molecule has 1 aliphatic heterocycles. The van der Waals surface area contributed by atoms with Gasteiger partial charge < -0.3 is 23.5 Å². The van der Waals surface area contributed by atoms with E-state index < -0.39 is 0 Å². The Labute approximate surface area is 172 Å². The fourth-order valence-electron chi connectivity index (χ4n) is 3.21. The SMILES string of the molecule is CCCn1c(=NC(=O)c2cc(OC)cc(OC)c2)sc2cc3c(cc21)OCCO3. The number of hydrogen-bond acceptors (Lipinski definition) is 6. The van der Waals surface area contributed by atoms with Crippen LogP contribution < -0.4 is 23.7 Å². The normalized spacial score (nSPS) is 13.6. The zero-order valence-corrected chi connectivity index (χ0v) is 17.4. The van der Waals surface area contributed by atoms with Crippen LogP contribution in [0.3, 0.4) is 0 Å². The van der Waals surface area contributed by atoms with Crippen molar-refractivity contribution in [3.63, 3.8) is 0 Å². The molecule has 0 bridgehead atoms. The summed E-state index contributed by atoms with van der Waals surface area (Å²) in [5.41, 5.74) is 1.39. The van der Waals surface area contributed by atoms with Crippen LogP contribution in [-0.2, 0) is 6.54 Å². The van der Waals surface area contributed by atoms with E-state index in [1.165, 1.54) is 11.3 Å². The monoisotopic (exact) mass is 414 g/mol. The molecular weight excluding hydrogens is 392 g/mol. The summed E-state index contributed by atoms with van der Waals surface area (Å²) in [6.45, 7) is 3.90. The number of carbonyl (C=O) groups is 1. The molecule has 29 heavy (non-hydrogen) atoms. The van der Waals surface area contributed by atoms with Crippen LogP contribution in [0, 0.1) is 0 Å². The molecule has 0 N–H and O–H groups in total. The first-order valence-corrected chi connectivity index (χ1v) is 10.2. The number of amides is 1. The van der Waals surface area contributed by atoms with E-state index in [9.17, 15) is 4.79 Å². The molecule has 2 aromatic carbocycles. The van der Waals surface area contributed by atoms with E-state index in [4.69, 9.17) is 18.9 Å². The highest BCUT2D eigenvalue weighted by atomic mass is 32.1. The Kier molecular flexibility index (Phi) is 5.44. The van der Waals surface area contributed by atoms with Crippen molar-refractivity contribution >= 4 is 27.5 Å². The van der Waals surface area contributed by atoms with Crippen LogP contribution in [0.4, 0.5) is 0 Å². The standard InChI is InChI=1S/C21H22N2O5S/c1-4-5-23-16-11-17-18(28-7-6-27-17)12-19(16)29-21(23)22-20(24)13-8-14(25-2)10-15(9-13)26-3/h8-12H,4-7H2,1-3H3. The highest BCUT2D eigenvalue weighted by Crippen LogP contribution is 2.35. The summed E-state index contributed by atoms with van der Waals surface area (Å²) in [6, 6.07) is 8.96. The summed E-state index contributed by atoms with van der Waals surface area (Å²) in [5.74, 6) is 2.19. The maximum atomic E-state index is 12.9. The average Bonchev–Trinajstić information content (AvgIpc) is 3.07. The van der Waals surface area contributed by atoms with E-state index in [1.54, 1.807) is 32.4 Å². The van der Waals surface area contributed by atoms with Gasteiger partial charge in [-0.2, -0.15) is 4.99 Å². The van der Waals surface area contributed by atoms with Gasteiger partial charge in [0.2, 0.25) is 0 Å². The number of thiazole rings is 1. The van der Waals surface area contributed by atoms with Gasteiger partial charge in [-0.15, -0.1) is 0 Å². The Balaban J connectivity index is 1.83. The second-order valence-corrected chi connectivity index (χ2v) is 7.53. The Hall–Kier alpha value is -3.00. The number of methoxy groups -OCH3 is 2. The molecule has 7 nitrogen and oxygen atoms in total. The molecule has 0 radical (unpaired) electrons. The molecule has 1 aliphatic rings. The van der Waals surface area contributed by atoms with Crippen LogP contribution in [0.25, 0.3) is 10.2 Å². The number of nitrogens with zero attached hydrogens (tertiary/aromatic N) is 2. The van der Waals surface area contributed by atoms with E-state index in [-0.39, 0.29) is 5.91 Å². The summed E-state index contributed by atoms with van der Waals surface area (Å²) < 4.78 is 25.0. The largest absolute Gasteiger partial charge is 0.497 e. The molecule has 0 fully saturated rings. The quantitative estimate of drug-likeness (QED) is 0.637. The number of aromatic nitrogens is 1. The minimum absolute atomic E-state index is 0.351. The number of ether oxygens (including phenoxy) is 4. The second-order valence-electron chi connectivity index (χ2n) is 6.52. The highest BCUT2D eigenvalue weighted by Gasteiger charge is 2.17. The maximum Gasteiger partial charge on any atom is 0.279 e. The molecule has 0 aliphatic carbocycles. The maximum absolute atomic E-state index is 12.9. The van der Waals surface area contributed by atoms with Crippen LogP contribution in [0.2, 0.25) is 0 Å². The summed E-state index contributed by atoms with van der Waals surface area (Å²) in [6.07, 6.45) is 0.911. The van der Waals surface area contributed by atoms with Gasteiger partial charge >= 0.3 is 0 Å². The molecular formula is C21H22N2O5S. The van der Waals surface area contributed by atoms with Crippen molar-refractivity contribution in [3.05, 3.63) is 40.7 Å². The van der Waals surface area contributed by atoms with E-state index in [0.717, 1.165) is 34.7 Å². The molecule has 0 saturated carbocycles. The first kappa shape index (κ1) is 19.3. The summed E-state index contributed by atoms with van der Waals surface area (Å²) >= 11 is 1.46. The lowest BCUT2D eigenvalue weighted by Gasteiger charge is -2.18. The van der Waals surface area contributed by atoms with E-state index >= 15 is 0 Å². The smallest absolute Gasteiger partial charge is 0.279 e. The van der Waals surface area contributed by atoms with Gasteiger partial charge in [-0.25, -0.2) is 0 Å². The van der Waals surface area contributed by atoms with Crippen molar-refractivity contribution in [1.82, 2.24) is 4.57 Å². The average molecular weight is 414 g/mol. The molecule has 8 heteroatoms. The Morgan fingerprint density at radius 2 is 1.72 bits per heavy atom. The summed E-state index contributed by atoms with van der Waals surface area (Å²) in [5, 5.41) is 0. The minimum atomic E-state index is -0.351. The molecule has 4 rings (SSSR count). The number of aryl methyl sites for hydroxylation is 1. The lowest BCUT2D eigenvalue weighted by Crippen LogP contribution is -2.17. The van der Waals surface area contributed by atoms with Crippen molar-refractivity contribution in [2.75, 3.05) is 27.4 Å². The number of fused-ring (bicyclic) bond motifs is 2. The lowest BCUT2D eigenvalue weighted by molar-refractivity contribution is 0.0997. The van der Waals surface area contributed by atoms with Crippen LogP contribution >= 0.6 is 11.3 Å². The van der Waals surface area contributed by atoms with Crippen LogP contribution in [0.1, 0.15) is 23.7 Å². The Morgan fingerprint density at radius 1 is 1.07 bits per heavy atom. The molecule has 0 spiro atoms. The molecule has 0 unspecified atom stereocenters. The number of carbonyl (C=O) groups excluding carboxylic acids is 1. The fourth-order valence-corrected chi connectivity index (χ4v) is 4.28. The molecule has 2 heterocycles. The molecule has 0 atom stereocenters. The zero-order valence-electron chi connectivity index (χ0n) is 16.6. The Bertz CT molecular complexity index is 1110. The van der Waals surface area contributed by atoms with Gasteiger partial charge in [0.1, 0.15) is 24.7 Å². The topological polar surface area (TPSA) is 71.3 Å². The first-order valence-electron chi connectivity index (χ1n) is 9.38.